The average molecular weight is 343 g/mol. The van der Waals surface area contributed by atoms with Crippen molar-refractivity contribution >= 4 is 17.5 Å². The van der Waals surface area contributed by atoms with Gasteiger partial charge in [-0.25, -0.2) is 4.39 Å². The van der Waals surface area contributed by atoms with Crippen LogP contribution in [0.15, 0.2) is 48.5 Å². The molecule has 6 heteroatoms. The van der Waals surface area contributed by atoms with Gasteiger partial charge in [-0.05, 0) is 69.5 Å². The maximum Gasteiger partial charge on any atom is 0.255 e. The van der Waals surface area contributed by atoms with E-state index in [0.717, 1.165) is 13.0 Å². The molecule has 132 valence electrons. The summed E-state index contributed by atoms with van der Waals surface area (Å²) in [6.45, 7) is 1.46. The van der Waals surface area contributed by atoms with Crippen molar-refractivity contribution in [2.75, 3.05) is 32.5 Å². The number of hydrogen-bond donors (Lipinski definition) is 2. The van der Waals surface area contributed by atoms with E-state index in [1.807, 2.05) is 19.0 Å². The zero-order chi connectivity index (χ0) is 18.2. The molecule has 0 saturated heterocycles. The van der Waals surface area contributed by atoms with Crippen molar-refractivity contribution < 1.29 is 14.0 Å². The van der Waals surface area contributed by atoms with Crippen LogP contribution in [0.4, 0.5) is 10.1 Å². The molecular formula is C19H22FN3O2. The van der Waals surface area contributed by atoms with E-state index in [0.29, 0.717) is 23.4 Å². The van der Waals surface area contributed by atoms with Crippen molar-refractivity contribution in [3.8, 4) is 0 Å². The molecule has 25 heavy (non-hydrogen) atoms. The molecule has 5 nitrogen and oxygen atoms in total. The topological polar surface area (TPSA) is 61.4 Å². The van der Waals surface area contributed by atoms with E-state index in [-0.39, 0.29) is 17.6 Å². The zero-order valence-corrected chi connectivity index (χ0v) is 14.4. The predicted octanol–water partition coefficient (Wildman–Crippen LogP) is 2.76. The number of rotatable bonds is 7. The summed E-state index contributed by atoms with van der Waals surface area (Å²) in [6.07, 6.45) is 0.851. The van der Waals surface area contributed by atoms with Gasteiger partial charge >= 0.3 is 0 Å². The first kappa shape index (κ1) is 18.6. The number of nitrogens with one attached hydrogen (secondary N) is 2. The van der Waals surface area contributed by atoms with Crippen molar-refractivity contribution in [2.24, 2.45) is 0 Å². The van der Waals surface area contributed by atoms with Crippen LogP contribution in [0.25, 0.3) is 0 Å². The quantitative estimate of drug-likeness (QED) is 0.760. The molecule has 2 aromatic rings. The van der Waals surface area contributed by atoms with Gasteiger partial charge in [0.05, 0.1) is 0 Å². The summed E-state index contributed by atoms with van der Waals surface area (Å²) >= 11 is 0. The van der Waals surface area contributed by atoms with Crippen LogP contribution in [0.5, 0.6) is 0 Å². The lowest BCUT2D eigenvalue weighted by atomic mass is 10.1. The van der Waals surface area contributed by atoms with Crippen LogP contribution >= 0.6 is 0 Å². The molecule has 0 bridgehead atoms. The molecule has 2 N–H and O–H groups in total. The van der Waals surface area contributed by atoms with Crippen LogP contribution in [-0.2, 0) is 0 Å². The lowest BCUT2D eigenvalue weighted by Gasteiger charge is -2.10. The first-order valence-corrected chi connectivity index (χ1v) is 8.05. The Morgan fingerprint density at radius 1 is 1.00 bits per heavy atom. The summed E-state index contributed by atoms with van der Waals surface area (Å²) in [5, 5.41) is 5.51. The molecule has 0 fully saturated rings. The van der Waals surface area contributed by atoms with Crippen LogP contribution in [0, 0.1) is 5.82 Å². The monoisotopic (exact) mass is 343 g/mol. The van der Waals surface area contributed by atoms with E-state index in [9.17, 15) is 14.0 Å². The number of nitrogens with zero attached hydrogens (tertiary/aromatic N) is 1. The van der Waals surface area contributed by atoms with Gasteiger partial charge in [-0.15, -0.1) is 0 Å². The standard InChI is InChI=1S/C19H22FN3O2/c1-23(2)12-4-11-21-18(24)14-5-3-6-15(13-14)19(25)22-17-9-7-16(20)8-10-17/h3,5-10,13H,4,11-12H2,1-2H3,(H,21,24)(H,22,25). The number of benzene rings is 2. The summed E-state index contributed by atoms with van der Waals surface area (Å²) < 4.78 is 12.9. The van der Waals surface area contributed by atoms with E-state index in [4.69, 9.17) is 0 Å². The van der Waals surface area contributed by atoms with Gasteiger partial charge in [0.2, 0.25) is 0 Å². The Hall–Kier alpha value is -2.73. The van der Waals surface area contributed by atoms with Gasteiger partial charge in [0.1, 0.15) is 5.82 Å². The highest BCUT2D eigenvalue weighted by molar-refractivity contribution is 6.06. The molecule has 0 heterocycles. The minimum atomic E-state index is -0.370. The maximum absolute atomic E-state index is 12.9. The van der Waals surface area contributed by atoms with E-state index >= 15 is 0 Å². The molecule has 2 aromatic carbocycles. The Morgan fingerprint density at radius 2 is 1.64 bits per heavy atom. The van der Waals surface area contributed by atoms with Crippen LogP contribution < -0.4 is 10.6 Å². The number of hydrogen-bond acceptors (Lipinski definition) is 3. The van der Waals surface area contributed by atoms with Crippen molar-refractivity contribution in [2.45, 2.75) is 6.42 Å². The highest BCUT2D eigenvalue weighted by Gasteiger charge is 2.10. The summed E-state index contributed by atoms with van der Waals surface area (Å²) in [5.74, 6) is -0.935. The van der Waals surface area contributed by atoms with E-state index < -0.39 is 0 Å². The number of carbonyl (C=O) groups excluding carboxylic acids is 2. The molecule has 0 saturated carbocycles. The first-order valence-electron chi connectivity index (χ1n) is 8.05. The van der Waals surface area contributed by atoms with Gasteiger partial charge in [0.25, 0.3) is 11.8 Å². The molecule has 0 atom stereocenters. The molecule has 0 aliphatic rings. The van der Waals surface area contributed by atoms with Crippen molar-refractivity contribution in [1.29, 1.82) is 0 Å². The molecule has 0 aliphatic heterocycles. The van der Waals surface area contributed by atoms with E-state index in [2.05, 4.69) is 10.6 Å². The molecule has 0 aliphatic carbocycles. The lowest BCUT2D eigenvalue weighted by Crippen LogP contribution is -2.27. The second kappa shape index (κ2) is 8.94. The summed E-state index contributed by atoms with van der Waals surface area (Å²) in [5.41, 5.74) is 1.28. The fraction of sp³-hybridized carbons (Fsp3) is 0.263. The third-order valence-corrected chi connectivity index (χ3v) is 3.56. The highest BCUT2D eigenvalue weighted by Crippen LogP contribution is 2.12. The van der Waals surface area contributed by atoms with Gasteiger partial charge < -0.3 is 15.5 Å². The van der Waals surface area contributed by atoms with E-state index in [1.54, 1.807) is 24.3 Å². The minimum absolute atomic E-state index is 0.213. The first-order chi connectivity index (χ1) is 12.0. The van der Waals surface area contributed by atoms with Crippen LogP contribution in [0.1, 0.15) is 27.1 Å². The molecule has 0 spiro atoms. The van der Waals surface area contributed by atoms with Gasteiger partial charge in [0, 0.05) is 23.4 Å². The van der Waals surface area contributed by atoms with Crippen LogP contribution in [-0.4, -0.2) is 43.9 Å². The second-order valence-electron chi connectivity index (χ2n) is 5.95. The van der Waals surface area contributed by atoms with Crippen molar-refractivity contribution in [1.82, 2.24) is 10.2 Å². The van der Waals surface area contributed by atoms with Gasteiger partial charge in [0.15, 0.2) is 0 Å². The van der Waals surface area contributed by atoms with Crippen molar-refractivity contribution in [3.63, 3.8) is 0 Å². The second-order valence-corrected chi connectivity index (χ2v) is 5.95. The number of amides is 2. The SMILES string of the molecule is CN(C)CCCNC(=O)c1cccc(C(=O)Nc2ccc(F)cc2)c1. The lowest BCUT2D eigenvalue weighted by molar-refractivity contribution is 0.0952. The number of halogens is 1. The summed E-state index contributed by atoms with van der Waals surface area (Å²) in [6, 6.07) is 12.0. The fourth-order valence-electron chi connectivity index (χ4n) is 2.24. The maximum atomic E-state index is 12.9. The zero-order valence-electron chi connectivity index (χ0n) is 14.4. The van der Waals surface area contributed by atoms with Crippen LogP contribution in [0.2, 0.25) is 0 Å². The highest BCUT2D eigenvalue weighted by atomic mass is 19.1. The largest absolute Gasteiger partial charge is 0.352 e. The Morgan fingerprint density at radius 3 is 2.28 bits per heavy atom. The van der Waals surface area contributed by atoms with Gasteiger partial charge in [-0.3, -0.25) is 9.59 Å². The summed E-state index contributed by atoms with van der Waals surface area (Å²) in [7, 11) is 3.95. The Kier molecular flexibility index (Phi) is 6.65. The average Bonchev–Trinajstić information content (AvgIpc) is 2.60. The number of carbonyl (C=O) groups is 2. The van der Waals surface area contributed by atoms with Gasteiger partial charge in [-0.2, -0.15) is 0 Å². The third-order valence-electron chi connectivity index (χ3n) is 3.56. The molecule has 0 radical (unpaired) electrons. The Balaban J connectivity index is 1.96. The minimum Gasteiger partial charge on any atom is -0.352 e. The normalized spacial score (nSPS) is 10.6. The molecular weight excluding hydrogens is 321 g/mol. The van der Waals surface area contributed by atoms with E-state index in [1.165, 1.54) is 24.3 Å². The Bertz CT molecular complexity index is 730. The number of anilines is 1. The van der Waals surface area contributed by atoms with Crippen molar-refractivity contribution in [3.05, 3.63) is 65.5 Å². The third kappa shape index (κ3) is 6.00. The summed E-state index contributed by atoms with van der Waals surface area (Å²) in [4.78, 5) is 26.5. The molecule has 2 rings (SSSR count). The molecule has 2 amide bonds. The van der Waals surface area contributed by atoms with Crippen LogP contribution in [0.3, 0.4) is 0 Å². The Labute approximate surface area is 146 Å². The smallest absolute Gasteiger partial charge is 0.255 e. The predicted molar refractivity (Wildman–Crippen MR) is 96.3 cm³/mol. The molecule has 0 aromatic heterocycles. The molecule has 0 unspecified atom stereocenters. The fourth-order valence-corrected chi connectivity index (χ4v) is 2.24. The van der Waals surface area contributed by atoms with Gasteiger partial charge in [-0.1, -0.05) is 6.07 Å².